The molecular formula is C15H29N. The summed E-state index contributed by atoms with van der Waals surface area (Å²) in [6, 6.07) is 0. The first-order valence-electron chi connectivity index (χ1n) is 7.28. The average molecular weight is 223 g/mol. The van der Waals surface area contributed by atoms with Gasteiger partial charge in [-0.3, -0.25) is 0 Å². The van der Waals surface area contributed by atoms with Crippen LogP contribution in [-0.4, -0.2) is 13.1 Å². The molecule has 0 saturated heterocycles. The van der Waals surface area contributed by atoms with E-state index in [9.17, 15) is 0 Å². The van der Waals surface area contributed by atoms with E-state index in [2.05, 4.69) is 33.0 Å². The first-order valence-corrected chi connectivity index (χ1v) is 7.28. The van der Waals surface area contributed by atoms with Crippen molar-refractivity contribution in [3.63, 3.8) is 0 Å². The van der Waals surface area contributed by atoms with Gasteiger partial charge in [-0.15, -0.1) is 0 Å². The predicted molar refractivity (Wildman–Crippen MR) is 70.4 cm³/mol. The van der Waals surface area contributed by atoms with Crippen molar-refractivity contribution in [1.29, 1.82) is 0 Å². The van der Waals surface area contributed by atoms with E-state index in [4.69, 9.17) is 0 Å². The Morgan fingerprint density at radius 3 is 2.31 bits per heavy atom. The molecule has 0 spiro atoms. The molecule has 2 fully saturated rings. The van der Waals surface area contributed by atoms with Gasteiger partial charge in [0, 0.05) is 6.54 Å². The number of nitrogens with one attached hydrogen (secondary N) is 1. The highest BCUT2D eigenvalue weighted by Crippen LogP contribution is 2.62. The fourth-order valence-corrected chi connectivity index (χ4v) is 3.70. The molecule has 0 aromatic rings. The van der Waals surface area contributed by atoms with Crippen LogP contribution in [0.15, 0.2) is 0 Å². The van der Waals surface area contributed by atoms with Crippen molar-refractivity contribution in [3.05, 3.63) is 0 Å². The number of rotatable bonds is 6. The summed E-state index contributed by atoms with van der Waals surface area (Å²) in [6.07, 6.45) is 5.92. The van der Waals surface area contributed by atoms with Gasteiger partial charge < -0.3 is 5.32 Å². The molecule has 0 aromatic heterocycles. The Kier molecular flexibility index (Phi) is 3.63. The number of hydrogen-bond donors (Lipinski definition) is 1. The maximum absolute atomic E-state index is 3.72. The molecule has 2 rings (SSSR count). The molecule has 2 aliphatic carbocycles. The number of hydrogen-bond acceptors (Lipinski definition) is 1. The quantitative estimate of drug-likeness (QED) is 0.724. The van der Waals surface area contributed by atoms with Gasteiger partial charge in [0.25, 0.3) is 0 Å². The van der Waals surface area contributed by atoms with Crippen molar-refractivity contribution in [1.82, 2.24) is 5.32 Å². The second kappa shape index (κ2) is 4.68. The van der Waals surface area contributed by atoms with Gasteiger partial charge in [-0.05, 0) is 54.9 Å². The lowest BCUT2D eigenvalue weighted by Gasteiger charge is -2.37. The van der Waals surface area contributed by atoms with Gasteiger partial charge in [0.1, 0.15) is 0 Å². The maximum atomic E-state index is 3.72. The zero-order valence-electron chi connectivity index (χ0n) is 11.6. The summed E-state index contributed by atoms with van der Waals surface area (Å²) in [6.45, 7) is 11.9. The van der Waals surface area contributed by atoms with E-state index in [1.54, 1.807) is 6.42 Å². The molecule has 16 heavy (non-hydrogen) atoms. The van der Waals surface area contributed by atoms with Crippen LogP contribution in [0, 0.1) is 29.1 Å². The molecule has 94 valence electrons. The molecule has 0 amide bonds. The third-order valence-corrected chi connectivity index (χ3v) is 5.09. The molecule has 0 aliphatic heterocycles. The Labute approximate surface area is 101 Å². The Morgan fingerprint density at radius 1 is 1.19 bits per heavy atom. The number of fused-ring (bicyclic) bond motifs is 1. The summed E-state index contributed by atoms with van der Waals surface area (Å²) in [5.74, 6) is 3.90. The Bertz CT molecular complexity index is 224. The van der Waals surface area contributed by atoms with Crippen molar-refractivity contribution in [3.8, 4) is 0 Å². The minimum atomic E-state index is 0.650. The smallest absolute Gasteiger partial charge is 0.00107 e. The summed E-state index contributed by atoms with van der Waals surface area (Å²) < 4.78 is 0. The molecular weight excluding hydrogens is 194 g/mol. The first kappa shape index (κ1) is 12.4. The third-order valence-electron chi connectivity index (χ3n) is 5.09. The summed E-state index contributed by atoms with van der Waals surface area (Å²) >= 11 is 0. The van der Waals surface area contributed by atoms with E-state index >= 15 is 0 Å². The van der Waals surface area contributed by atoms with Gasteiger partial charge in [0.05, 0.1) is 0 Å². The molecule has 2 saturated carbocycles. The predicted octanol–water partition coefficient (Wildman–Crippen LogP) is 3.69. The lowest BCUT2D eigenvalue weighted by Crippen LogP contribution is -2.39. The zero-order valence-corrected chi connectivity index (χ0v) is 11.6. The normalized spacial score (nSPS) is 38.8. The SMILES string of the molecule is CCC(C)C1(CNCC(C)C)CC2CC2C1. The Hall–Kier alpha value is -0.0400. The van der Waals surface area contributed by atoms with Crippen LogP contribution in [0.5, 0.6) is 0 Å². The maximum Gasteiger partial charge on any atom is 0.00107 e. The molecule has 2 aliphatic rings. The van der Waals surface area contributed by atoms with E-state index < -0.39 is 0 Å². The van der Waals surface area contributed by atoms with Gasteiger partial charge in [0.15, 0.2) is 0 Å². The largest absolute Gasteiger partial charge is 0.316 e. The molecule has 1 heteroatoms. The topological polar surface area (TPSA) is 12.0 Å². The Balaban J connectivity index is 1.88. The van der Waals surface area contributed by atoms with Gasteiger partial charge in [0.2, 0.25) is 0 Å². The zero-order chi connectivity index (χ0) is 11.8. The summed E-state index contributed by atoms with van der Waals surface area (Å²) in [5.41, 5.74) is 0.650. The van der Waals surface area contributed by atoms with E-state index in [1.165, 1.54) is 32.4 Å². The van der Waals surface area contributed by atoms with Gasteiger partial charge in [-0.25, -0.2) is 0 Å². The lowest BCUT2D eigenvalue weighted by molar-refractivity contribution is 0.148. The van der Waals surface area contributed by atoms with E-state index in [-0.39, 0.29) is 0 Å². The fraction of sp³-hybridized carbons (Fsp3) is 1.00. The van der Waals surface area contributed by atoms with Crippen LogP contribution in [0.25, 0.3) is 0 Å². The van der Waals surface area contributed by atoms with Gasteiger partial charge in [-0.1, -0.05) is 34.1 Å². The summed E-state index contributed by atoms with van der Waals surface area (Å²) in [4.78, 5) is 0. The van der Waals surface area contributed by atoms with E-state index in [0.717, 1.165) is 23.7 Å². The van der Waals surface area contributed by atoms with Gasteiger partial charge >= 0.3 is 0 Å². The molecule has 0 heterocycles. The molecule has 0 radical (unpaired) electrons. The molecule has 3 unspecified atom stereocenters. The van der Waals surface area contributed by atoms with Crippen LogP contribution in [0.1, 0.15) is 53.4 Å². The summed E-state index contributed by atoms with van der Waals surface area (Å²) in [7, 11) is 0. The van der Waals surface area contributed by atoms with Gasteiger partial charge in [-0.2, -0.15) is 0 Å². The monoisotopic (exact) mass is 223 g/mol. The highest BCUT2D eigenvalue weighted by Gasteiger charge is 2.54. The van der Waals surface area contributed by atoms with Crippen molar-refractivity contribution >= 4 is 0 Å². The standard InChI is InChI=1S/C15H29N/c1-5-12(4)15(10-16-9-11(2)3)7-13-6-14(13)8-15/h11-14,16H,5-10H2,1-4H3. The Morgan fingerprint density at radius 2 is 1.81 bits per heavy atom. The van der Waals surface area contributed by atoms with Crippen molar-refractivity contribution in [2.24, 2.45) is 29.1 Å². The third kappa shape index (κ3) is 2.45. The highest BCUT2D eigenvalue weighted by molar-refractivity contribution is 5.05. The first-order chi connectivity index (χ1) is 7.57. The second-order valence-electron chi connectivity index (χ2n) is 6.86. The molecule has 1 nitrogen and oxygen atoms in total. The second-order valence-corrected chi connectivity index (χ2v) is 6.86. The van der Waals surface area contributed by atoms with E-state index in [0.29, 0.717) is 5.41 Å². The molecule has 3 atom stereocenters. The van der Waals surface area contributed by atoms with Crippen molar-refractivity contribution < 1.29 is 0 Å². The minimum Gasteiger partial charge on any atom is -0.316 e. The van der Waals surface area contributed by atoms with Crippen LogP contribution >= 0.6 is 0 Å². The molecule has 0 bridgehead atoms. The van der Waals surface area contributed by atoms with Crippen molar-refractivity contribution in [2.75, 3.05) is 13.1 Å². The highest BCUT2D eigenvalue weighted by atomic mass is 14.9. The van der Waals surface area contributed by atoms with Crippen LogP contribution in [0.3, 0.4) is 0 Å². The van der Waals surface area contributed by atoms with E-state index in [1.807, 2.05) is 0 Å². The van der Waals surface area contributed by atoms with Crippen LogP contribution in [-0.2, 0) is 0 Å². The minimum absolute atomic E-state index is 0.650. The summed E-state index contributed by atoms with van der Waals surface area (Å²) in [5, 5.41) is 3.72. The van der Waals surface area contributed by atoms with Crippen molar-refractivity contribution in [2.45, 2.75) is 53.4 Å². The average Bonchev–Trinajstić information content (AvgIpc) is 2.85. The lowest BCUT2D eigenvalue weighted by atomic mass is 9.71. The van der Waals surface area contributed by atoms with Crippen LogP contribution in [0.2, 0.25) is 0 Å². The fourth-order valence-electron chi connectivity index (χ4n) is 3.70. The molecule has 0 aromatic carbocycles. The van der Waals surface area contributed by atoms with Crippen LogP contribution in [0.4, 0.5) is 0 Å². The molecule has 1 N–H and O–H groups in total. The van der Waals surface area contributed by atoms with Crippen LogP contribution < -0.4 is 5.32 Å².